The normalized spacial score (nSPS) is 32.0. The van der Waals surface area contributed by atoms with Gasteiger partial charge in [0.2, 0.25) is 0 Å². The van der Waals surface area contributed by atoms with Gasteiger partial charge >= 0.3 is 0 Å². The zero-order valence-electron chi connectivity index (χ0n) is 16.6. The van der Waals surface area contributed by atoms with Crippen LogP contribution >= 0.6 is 0 Å². The van der Waals surface area contributed by atoms with Crippen molar-refractivity contribution in [1.82, 2.24) is 20.6 Å². The van der Waals surface area contributed by atoms with Gasteiger partial charge in [0.1, 0.15) is 5.69 Å². The summed E-state index contributed by atoms with van der Waals surface area (Å²) in [4.78, 5) is 34.2. The van der Waals surface area contributed by atoms with E-state index >= 15 is 0 Å². The Kier molecular flexibility index (Phi) is 4.19. The van der Waals surface area contributed by atoms with Gasteiger partial charge in [-0.15, -0.1) is 0 Å². The van der Waals surface area contributed by atoms with Crippen molar-refractivity contribution in [2.45, 2.75) is 56.5 Å². The number of amides is 2. The summed E-state index contributed by atoms with van der Waals surface area (Å²) in [6.07, 6.45) is 9.27. The number of aryl methyl sites for hydroxylation is 1. The highest BCUT2D eigenvalue weighted by Crippen LogP contribution is 2.57. The van der Waals surface area contributed by atoms with Crippen LogP contribution in [-0.4, -0.2) is 32.9 Å². The predicted molar refractivity (Wildman–Crippen MR) is 108 cm³/mol. The van der Waals surface area contributed by atoms with E-state index in [-0.39, 0.29) is 22.9 Å². The molecule has 6 nitrogen and oxygen atoms in total. The Morgan fingerprint density at radius 3 is 2.17 bits per heavy atom. The molecule has 0 spiro atoms. The van der Waals surface area contributed by atoms with Crippen LogP contribution in [0.5, 0.6) is 0 Å². The van der Waals surface area contributed by atoms with Gasteiger partial charge in [0, 0.05) is 34.7 Å². The number of nitrogens with one attached hydrogen (secondary N) is 2. The van der Waals surface area contributed by atoms with Crippen LogP contribution in [0.4, 0.5) is 0 Å². The molecule has 2 aromatic heterocycles. The van der Waals surface area contributed by atoms with E-state index in [0.717, 1.165) is 37.8 Å². The molecule has 2 atom stereocenters. The van der Waals surface area contributed by atoms with Crippen molar-refractivity contribution in [1.29, 1.82) is 0 Å². The largest absolute Gasteiger partial charge is 0.346 e. The molecule has 2 aromatic rings. The first-order valence-corrected chi connectivity index (χ1v) is 10.4. The number of hydrogen-bond acceptors (Lipinski definition) is 4. The highest BCUT2D eigenvalue weighted by molar-refractivity contribution is 5.95. The Bertz CT molecular complexity index is 944. The maximum Gasteiger partial charge on any atom is 0.270 e. The minimum absolute atomic E-state index is 0.0452. The van der Waals surface area contributed by atoms with E-state index in [4.69, 9.17) is 0 Å². The van der Waals surface area contributed by atoms with Gasteiger partial charge in [-0.05, 0) is 81.5 Å². The van der Waals surface area contributed by atoms with E-state index in [0.29, 0.717) is 23.1 Å². The molecule has 6 heteroatoms. The first-order chi connectivity index (χ1) is 13.9. The van der Waals surface area contributed by atoms with Gasteiger partial charge in [0.15, 0.2) is 0 Å². The Balaban J connectivity index is 1.38. The molecule has 2 amide bonds. The lowest BCUT2D eigenvalue weighted by Crippen LogP contribution is -2.69. The monoisotopic (exact) mass is 390 g/mol. The highest BCUT2D eigenvalue weighted by Gasteiger charge is 2.58. The predicted octanol–water partition coefficient (Wildman–Crippen LogP) is 3.04. The third-order valence-corrected chi connectivity index (χ3v) is 6.88. The fourth-order valence-electron chi connectivity index (χ4n) is 6.35. The summed E-state index contributed by atoms with van der Waals surface area (Å²) < 4.78 is 0. The van der Waals surface area contributed by atoms with Crippen molar-refractivity contribution >= 4 is 11.8 Å². The molecule has 4 aliphatic carbocycles. The molecule has 2 N–H and O–H groups in total. The second-order valence-corrected chi connectivity index (χ2v) is 9.33. The van der Waals surface area contributed by atoms with Gasteiger partial charge in [0.25, 0.3) is 11.8 Å². The first-order valence-electron chi connectivity index (χ1n) is 10.4. The van der Waals surface area contributed by atoms with Crippen LogP contribution in [0.15, 0.2) is 42.7 Å². The second kappa shape index (κ2) is 6.65. The van der Waals surface area contributed by atoms with E-state index in [1.54, 1.807) is 30.6 Å². The van der Waals surface area contributed by atoms with E-state index in [1.807, 2.05) is 19.1 Å². The molecule has 0 saturated heterocycles. The fraction of sp³-hybridized carbons (Fsp3) is 0.478. The Hall–Kier alpha value is -2.76. The van der Waals surface area contributed by atoms with Gasteiger partial charge in [-0.3, -0.25) is 14.6 Å². The molecule has 29 heavy (non-hydrogen) atoms. The summed E-state index contributed by atoms with van der Waals surface area (Å²) in [5.41, 5.74) is 1.45. The molecular weight excluding hydrogens is 364 g/mol. The third kappa shape index (κ3) is 3.41. The van der Waals surface area contributed by atoms with Crippen LogP contribution in [0.1, 0.15) is 65.1 Å². The van der Waals surface area contributed by atoms with E-state index in [2.05, 4.69) is 20.6 Å². The zero-order chi connectivity index (χ0) is 20.1. The van der Waals surface area contributed by atoms with Crippen molar-refractivity contribution in [2.75, 3.05) is 0 Å². The lowest BCUT2D eigenvalue weighted by Gasteiger charge is -2.62. The number of aromatic nitrogens is 2. The van der Waals surface area contributed by atoms with Crippen LogP contribution < -0.4 is 10.6 Å². The zero-order valence-corrected chi connectivity index (χ0v) is 16.6. The molecule has 4 aliphatic rings. The minimum atomic E-state index is -0.252. The second-order valence-electron chi connectivity index (χ2n) is 9.33. The summed E-state index contributed by atoms with van der Waals surface area (Å²) in [5.74, 6) is 0.932. The molecule has 4 bridgehead atoms. The molecule has 4 fully saturated rings. The van der Waals surface area contributed by atoms with Crippen molar-refractivity contribution in [2.24, 2.45) is 11.8 Å². The van der Waals surface area contributed by atoms with E-state index in [1.165, 1.54) is 6.42 Å². The number of pyridine rings is 2. The van der Waals surface area contributed by atoms with Gasteiger partial charge < -0.3 is 10.6 Å². The highest BCUT2D eigenvalue weighted by atomic mass is 16.2. The molecule has 4 saturated carbocycles. The molecule has 2 unspecified atom stereocenters. The third-order valence-electron chi connectivity index (χ3n) is 6.88. The van der Waals surface area contributed by atoms with Crippen LogP contribution in [0.2, 0.25) is 0 Å². The smallest absolute Gasteiger partial charge is 0.270 e. The number of rotatable bonds is 4. The van der Waals surface area contributed by atoms with Crippen LogP contribution in [-0.2, 0) is 0 Å². The molecule has 6 rings (SSSR count). The summed E-state index contributed by atoms with van der Waals surface area (Å²) >= 11 is 0. The lowest BCUT2D eigenvalue weighted by molar-refractivity contribution is -0.0448. The number of nitrogens with zero attached hydrogens (tertiary/aromatic N) is 2. The number of carbonyl (C=O) groups excluding carboxylic acids is 2. The lowest BCUT2D eigenvalue weighted by atomic mass is 9.49. The Morgan fingerprint density at radius 1 is 0.931 bits per heavy atom. The molecule has 0 aromatic carbocycles. The molecule has 0 aliphatic heterocycles. The Labute approximate surface area is 170 Å². The summed E-state index contributed by atoms with van der Waals surface area (Å²) in [5, 5.41) is 6.70. The van der Waals surface area contributed by atoms with Crippen LogP contribution in [0.25, 0.3) is 0 Å². The quantitative estimate of drug-likeness (QED) is 0.840. The number of hydrogen-bond donors (Lipinski definition) is 2. The summed E-state index contributed by atoms with van der Waals surface area (Å²) in [7, 11) is 0. The summed E-state index contributed by atoms with van der Waals surface area (Å²) in [6, 6.07) is 9.02. The average molecular weight is 390 g/mol. The van der Waals surface area contributed by atoms with Crippen LogP contribution in [0, 0.1) is 18.8 Å². The van der Waals surface area contributed by atoms with Crippen molar-refractivity contribution in [3.8, 4) is 0 Å². The molecule has 0 radical (unpaired) electrons. The van der Waals surface area contributed by atoms with Crippen LogP contribution in [0.3, 0.4) is 0 Å². The minimum Gasteiger partial charge on any atom is -0.346 e. The topological polar surface area (TPSA) is 84.0 Å². The van der Waals surface area contributed by atoms with Gasteiger partial charge in [0.05, 0.1) is 0 Å². The van der Waals surface area contributed by atoms with Gasteiger partial charge in [-0.2, -0.15) is 0 Å². The van der Waals surface area contributed by atoms with Crippen molar-refractivity contribution in [3.63, 3.8) is 0 Å². The number of carbonyl (C=O) groups is 2. The molecule has 2 heterocycles. The van der Waals surface area contributed by atoms with Crippen molar-refractivity contribution in [3.05, 3.63) is 59.7 Å². The van der Waals surface area contributed by atoms with E-state index in [9.17, 15) is 9.59 Å². The first kappa shape index (κ1) is 18.3. The molecular formula is C23H26N4O2. The average Bonchev–Trinajstić information content (AvgIpc) is 2.67. The van der Waals surface area contributed by atoms with Gasteiger partial charge in [-0.25, -0.2) is 4.98 Å². The fourth-order valence-corrected chi connectivity index (χ4v) is 6.35. The standard InChI is InChI=1S/C23H26N4O2/c1-15-3-2-4-19(25-15)21(29)27-23-12-16-9-17(13-23)11-22(10-16,14-23)26-20(28)18-5-7-24-8-6-18/h2-8,16-17H,9-14H2,1H3,(H,26,28)(H,27,29). The Morgan fingerprint density at radius 2 is 1.55 bits per heavy atom. The molecule has 150 valence electrons. The summed E-state index contributed by atoms with van der Waals surface area (Å²) in [6.45, 7) is 1.89. The maximum atomic E-state index is 13.0. The maximum absolute atomic E-state index is 13.0. The van der Waals surface area contributed by atoms with E-state index < -0.39 is 0 Å². The van der Waals surface area contributed by atoms with Gasteiger partial charge in [-0.1, -0.05) is 6.07 Å². The SMILES string of the molecule is Cc1cccc(C(=O)NC23CC4CC(CC(NC(=O)c5ccncc5)(C4)C2)C3)n1. The van der Waals surface area contributed by atoms with Crippen molar-refractivity contribution < 1.29 is 9.59 Å².